The molecule has 9 nitrogen and oxygen atoms in total. The molecular weight excluding hydrogens is 456 g/mol. The Bertz CT molecular complexity index is 1320. The topological polar surface area (TPSA) is 140 Å². The van der Waals surface area contributed by atoms with E-state index in [1.165, 1.54) is 0 Å². The van der Waals surface area contributed by atoms with Crippen molar-refractivity contribution >= 4 is 11.7 Å². The number of benzene rings is 1. The minimum absolute atomic E-state index is 0.00675. The first-order valence-corrected chi connectivity index (χ1v) is 11.9. The number of amides is 1. The number of ether oxygens (including phenoxy) is 1. The van der Waals surface area contributed by atoms with Crippen LogP contribution in [0.4, 0.5) is 5.82 Å². The van der Waals surface area contributed by atoms with Crippen LogP contribution in [0.3, 0.4) is 0 Å². The summed E-state index contributed by atoms with van der Waals surface area (Å²) in [4.78, 5) is 26.9. The van der Waals surface area contributed by atoms with Gasteiger partial charge in [-0.15, -0.1) is 0 Å². The van der Waals surface area contributed by atoms with E-state index in [0.717, 1.165) is 43.6 Å². The van der Waals surface area contributed by atoms with E-state index < -0.39 is 5.91 Å². The molecule has 36 heavy (non-hydrogen) atoms. The molecule has 1 aromatic carbocycles. The Balaban J connectivity index is 1.21. The maximum absolute atomic E-state index is 11.1. The van der Waals surface area contributed by atoms with Gasteiger partial charge in [0.05, 0.1) is 12.8 Å². The summed E-state index contributed by atoms with van der Waals surface area (Å²) in [5.74, 6) is 6.61. The zero-order chi connectivity index (χ0) is 25.1. The molecule has 1 amide bonds. The van der Waals surface area contributed by atoms with E-state index in [0.29, 0.717) is 28.5 Å². The van der Waals surface area contributed by atoms with Gasteiger partial charge in [-0.1, -0.05) is 12.0 Å². The smallest absolute Gasteiger partial charge is 0.248 e. The van der Waals surface area contributed by atoms with Crippen LogP contribution in [0.5, 0.6) is 5.75 Å². The molecule has 0 unspecified atom stereocenters. The number of hydrogen-bond acceptors (Lipinski definition) is 8. The Morgan fingerprint density at radius 2 is 1.97 bits per heavy atom. The van der Waals surface area contributed by atoms with E-state index in [9.17, 15) is 9.90 Å². The molecule has 3 heterocycles. The fraction of sp³-hybridized carbons (Fsp3) is 0.333. The van der Waals surface area contributed by atoms with Gasteiger partial charge in [-0.3, -0.25) is 9.78 Å². The zero-order valence-electron chi connectivity index (χ0n) is 19.9. The molecule has 5 rings (SSSR count). The molecule has 3 aromatic rings. The lowest BCUT2D eigenvalue weighted by Gasteiger charge is -2.42. The maximum atomic E-state index is 11.1. The van der Waals surface area contributed by atoms with Crippen LogP contribution in [0.1, 0.15) is 51.9 Å². The number of rotatable bonds is 5. The van der Waals surface area contributed by atoms with Crippen molar-refractivity contribution in [3.63, 3.8) is 0 Å². The molecule has 1 saturated heterocycles. The molecule has 1 fully saturated rings. The van der Waals surface area contributed by atoms with Crippen LogP contribution in [-0.2, 0) is 13.0 Å². The minimum Gasteiger partial charge on any atom is -0.481 e. The Hall–Kier alpha value is -4.00. The lowest BCUT2D eigenvalue weighted by atomic mass is 9.73. The van der Waals surface area contributed by atoms with Gasteiger partial charge in [-0.05, 0) is 66.5 Å². The van der Waals surface area contributed by atoms with Gasteiger partial charge in [-0.25, -0.2) is 9.97 Å². The van der Waals surface area contributed by atoms with E-state index in [4.69, 9.17) is 16.2 Å². The molecule has 1 aliphatic heterocycles. The van der Waals surface area contributed by atoms with E-state index in [-0.39, 0.29) is 24.7 Å². The number of hydrogen-bond donors (Lipinski definition) is 3. The number of anilines is 1. The Morgan fingerprint density at radius 3 is 2.67 bits per heavy atom. The molecule has 1 aliphatic carbocycles. The Morgan fingerprint density at radius 1 is 1.19 bits per heavy atom. The van der Waals surface area contributed by atoms with Gasteiger partial charge in [-0.2, -0.15) is 0 Å². The van der Waals surface area contributed by atoms with Crippen molar-refractivity contribution in [3.8, 4) is 17.6 Å². The molecule has 184 valence electrons. The molecule has 0 radical (unpaired) electrons. The summed E-state index contributed by atoms with van der Waals surface area (Å²) in [6, 6.07) is 10.6. The fourth-order valence-electron chi connectivity index (χ4n) is 5.12. The molecule has 0 bridgehead atoms. The zero-order valence-corrected chi connectivity index (χ0v) is 19.9. The molecule has 1 atom stereocenters. The second kappa shape index (κ2) is 9.93. The van der Waals surface area contributed by atoms with Gasteiger partial charge in [0, 0.05) is 36.6 Å². The number of nitrogens with zero attached hydrogens (tertiary/aromatic N) is 4. The highest BCUT2D eigenvalue weighted by Crippen LogP contribution is 2.50. The van der Waals surface area contributed by atoms with Crippen molar-refractivity contribution in [2.75, 3.05) is 24.6 Å². The van der Waals surface area contributed by atoms with Crippen molar-refractivity contribution in [3.05, 3.63) is 77.0 Å². The van der Waals surface area contributed by atoms with Gasteiger partial charge in [0.2, 0.25) is 5.91 Å². The van der Waals surface area contributed by atoms with Crippen molar-refractivity contribution in [1.82, 2.24) is 15.0 Å². The van der Waals surface area contributed by atoms with Crippen LogP contribution in [0, 0.1) is 17.3 Å². The number of aromatic nitrogens is 3. The van der Waals surface area contributed by atoms with Gasteiger partial charge < -0.3 is 26.2 Å². The third-order valence-electron chi connectivity index (χ3n) is 7.14. The predicted molar refractivity (Wildman–Crippen MR) is 134 cm³/mol. The predicted octanol–water partition coefficient (Wildman–Crippen LogP) is 1.74. The van der Waals surface area contributed by atoms with Crippen molar-refractivity contribution < 1.29 is 14.6 Å². The molecule has 5 N–H and O–H groups in total. The summed E-state index contributed by atoms with van der Waals surface area (Å²) in [5.41, 5.74) is 15.6. The SMILES string of the molecule is NC(=O)c1ccc(OCC#Cc2cnc(N3CCC4(CC3)Cc3ncccc3[C@H]4N)c(CO)n2)cc1. The third-order valence-corrected chi connectivity index (χ3v) is 7.14. The first-order valence-electron chi connectivity index (χ1n) is 11.9. The van der Waals surface area contributed by atoms with E-state index in [1.54, 1.807) is 30.5 Å². The number of primary amides is 1. The van der Waals surface area contributed by atoms with E-state index in [2.05, 4.69) is 37.8 Å². The number of carbonyl (C=O) groups is 1. The lowest BCUT2D eigenvalue weighted by molar-refractivity contribution is 0.1000. The quantitative estimate of drug-likeness (QED) is 0.465. The number of fused-ring (bicyclic) bond motifs is 1. The lowest BCUT2D eigenvalue weighted by Crippen LogP contribution is -2.45. The molecular formula is C27H28N6O3. The number of pyridine rings is 1. The number of aliphatic hydroxyl groups is 1. The van der Waals surface area contributed by atoms with Crippen LogP contribution >= 0.6 is 0 Å². The highest BCUT2D eigenvalue weighted by molar-refractivity contribution is 5.92. The normalized spacial score (nSPS) is 17.8. The van der Waals surface area contributed by atoms with Gasteiger partial charge in [0.25, 0.3) is 0 Å². The Kier molecular flexibility index (Phi) is 6.55. The van der Waals surface area contributed by atoms with Crippen LogP contribution in [0.2, 0.25) is 0 Å². The average Bonchev–Trinajstić information content (AvgIpc) is 3.18. The second-order valence-corrected chi connectivity index (χ2v) is 9.21. The third kappa shape index (κ3) is 4.61. The number of nitrogens with two attached hydrogens (primary N) is 2. The molecule has 9 heteroatoms. The minimum atomic E-state index is -0.489. The molecule has 2 aromatic heterocycles. The summed E-state index contributed by atoms with van der Waals surface area (Å²) < 4.78 is 5.57. The van der Waals surface area contributed by atoms with Crippen molar-refractivity contribution in [2.45, 2.75) is 31.9 Å². The van der Waals surface area contributed by atoms with Gasteiger partial charge >= 0.3 is 0 Å². The standard InChI is InChI=1S/C27H28N6O3/c28-24-21-4-1-11-30-22(21)15-27(24)9-12-33(13-10-27)26-23(17-34)32-19(16-31-26)3-2-14-36-20-7-5-18(6-8-20)25(29)35/h1,4-8,11,16,24,34H,9-10,12-15,17,28H2,(H2,29,35)/t24-/m1/s1. The second-order valence-electron chi connectivity index (χ2n) is 9.21. The van der Waals surface area contributed by atoms with Gasteiger partial charge in [0.1, 0.15) is 23.7 Å². The van der Waals surface area contributed by atoms with Crippen LogP contribution in [0.15, 0.2) is 48.8 Å². The highest BCUT2D eigenvalue weighted by Gasteiger charge is 2.46. The van der Waals surface area contributed by atoms with Crippen molar-refractivity contribution in [2.24, 2.45) is 16.9 Å². The van der Waals surface area contributed by atoms with Crippen LogP contribution < -0.4 is 21.1 Å². The Labute approximate surface area is 209 Å². The first kappa shape index (κ1) is 23.7. The number of carbonyl (C=O) groups excluding carboxylic acids is 1. The monoisotopic (exact) mass is 484 g/mol. The largest absolute Gasteiger partial charge is 0.481 e. The van der Waals surface area contributed by atoms with E-state index >= 15 is 0 Å². The summed E-state index contributed by atoms with van der Waals surface area (Å²) >= 11 is 0. The fourth-order valence-corrected chi connectivity index (χ4v) is 5.12. The molecule has 0 saturated carbocycles. The first-order chi connectivity index (χ1) is 17.5. The average molecular weight is 485 g/mol. The summed E-state index contributed by atoms with van der Waals surface area (Å²) in [5, 5.41) is 9.96. The van der Waals surface area contributed by atoms with Crippen LogP contribution in [-0.4, -0.2) is 45.7 Å². The number of aliphatic hydroxyl groups excluding tert-OH is 1. The maximum Gasteiger partial charge on any atom is 0.248 e. The summed E-state index contributed by atoms with van der Waals surface area (Å²) in [6.07, 6.45) is 6.21. The molecule has 1 spiro atoms. The van der Waals surface area contributed by atoms with Crippen LogP contribution in [0.25, 0.3) is 0 Å². The van der Waals surface area contributed by atoms with Gasteiger partial charge in [0.15, 0.2) is 5.82 Å². The highest BCUT2D eigenvalue weighted by atomic mass is 16.5. The number of piperidine rings is 1. The summed E-state index contributed by atoms with van der Waals surface area (Å²) in [6.45, 7) is 1.49. The van der Waals surface area contributed by atoms with E-state index in [1.807, 2.05) is 12.3 Å². The molecule has 2 aliphatic rings. The summed E-state index contributed by atoms with van der Waals surface area (Å²) in [7, 11) is 0. The van der Waals surface area contributed by atoms with Crippen molar-refractivity contribution in [1.29, 1.82) is 0 Å².